The third-order valence-electron chi connectivity index (χ3n) is 4.05. The molecule has 0 bridgehead atoms. The molecule has 1 aliphatic heterocycles. The van der Waals surface area contributed by atoms with Crippen LogP contribution < -0.4 is 11.1 Å². The zero-order valence-electron chi connectivity index (χ0n) is 13.9. The first kappa shape index (κ1) is 20.7. The summed E-state index contributed by atoms with van der Waals surface area (Å²) < 4.78 is 0. The van der Waals surface area contributed by atoms with Gasteiger partial charge in [-0.3, -0.25) is 9.59 Å². The molecule has 1 heterocycles. The number of hydrogen-bond acceptors (Lipinski definition) is 3. The van der Waals surface area contributed by atoms with Crippen LogP contribution in [0.3, 0.4) is 0 Å². The van der Waals surface area contributed by atoms with Crippen LogP contribution in [0.4, 0.5) is 5.69 Å². The standard InChI is InChI=1S/C17H24ClN3O2.ClH/c1-2-6-14(19)16(22)20-15-11-12(18)7-8-13(15)17(23)21-9-4-3-5-10-21;/h7-8,11,14H,2-6,9-10,19H2,1H3,(H,20,22);1H. The fraction of sp³-hybridized carbons (Fsp3) is 0.529. The molecule has 3 N–H and O–H groups in total. The molecule has 0 aromatic heterocycles. The molecule has 134 valence electrons. The number of carbonyl (C=O) groups excluding carboxylic acids is 2. The Morgan fingerprint density at radius 1 is 1.29 bits per heavy atom. The number of likely N-dealkylation sites (tertiary alicyclic amines) is 1. The molecule has 2 rings (SSSR count). The van der Waals surface area contributed by atoms with Crippen molar-refractivity contribution in [3.05, 3.63) is 28.8 Å². The zero-order valence-corrected chi connectivity index (χ0v) is 15.5. The predicted molar refractivity (Wildman–Crippen MR) is 100.0 cm³/mol. The molecule has 1 unspecified atom stereocenters. The van der Waals surface area contributed by atoms with Gasteiger partial charge in [0.25, 0.3) is 5.91 Å². The number of benzene rings is 1. The van der Waals surface area contributed by atoms with Crippen molar-refractivity contribution in [2.24, 2.45) is 5.73 Å². The highest BCUT2D eigenvalue weighted by Crippen LogP contribution is 2.24. The number of piperidine rings is 1. The molecule has 0 saturated carbocycles. The van der Waals surface area contributed by atoms with E-state index in [1.165, 1.54) is 0 Å². The molecule has 0 aliphatic carbocycles. The number of nitrogens with zero attached hydrogens (tertiary/aromatic N) is 1. The Bertz CT molecular complexity index is 575. The van der Waals surface area contributed by atoms with Crippen molar-refractivity contribution in [2.45, 2.75) is 45.1 Å². The molecule has 0 radical (unpaired) electrons. The summed E-state index contributed by atoms with van der Waals surface area (Å²) in [5, 5.41) is 3.23. The van der Waals surface area contributed by atoms with E-state index < -0.39 is 6.04 Å². The van der Waals surface area contributed by atoms with Crippen LogP contribution in [0.1, 0.15) is 49.4 Å². The maximum Gasteiger partial charge on any atom is 0.255 e. The summed E-state index contributed by atoms with van der Waals surface area (Å²) in [5.41, 5.74) is 6.74. The van der Waals surface area contributed by atoms with Crippen LogP contribution in [0.15, 0.2) is 18.2 Å². The van der Waals surface area contributed by atoms with Crippen molar-refractivity contribution >= 4 is 41.5 Å². The number of anilines is 1. The van der Waals surface area contributed by atoms with Crippen LogP contribution in [-0.2, 0) is 4.79 Å². The van der Waals surface area contributed by atoms with E-state index in [1.807, 2.05) is 11.8 Å². The van der Waals surface area contributed by atoms with Gasteiger partial charge < -0.3 is 16.0 Å². The van der Waals surface area contributed by atoms with E-state index in [4.69, 9.17) is 17.3 Å². The van der Waals surface area contributed by atoms with Crippen molar-refractivity contribution in [1.29, 1.82) is 0 Å². The van der Waals surface area contributed by atoms with Crippen molar-refractivity contribution in [1.82, 2.24) is 4.90 Å². The molecule has 1 aromatic rings. The lowest BCUT2D eigenvalue weighted by Crippen LogP contribution is -2.38. The van der Waals surface area contributed by atoms with E-state index in [0.29, 0.717) is 22.7 Å². The van der Waals surface area contributed by atoms with Gasteiger partial charge in [0.05, 0.1) is 17.3 Å². The van der Waals surface area contributed by atoms with Gasteiger partial charge in [0.15, 0.2) is 0 Å². The number of nitrogens with one attached hydrogen (secondary N) is 1. The molecule has 0 spiro atoms. The smallest absolute Gasteiger partial charge is 0.255 e. The third-order valence-corrected chi connectivity index (χ3v) is 4.28. The highest BCUT2D eigenvalue weighted by atomic mass is 35.5. The predicted octanol–water partition coefficient (Wildman–Crippen LogP) is 3.45. The number of halogens is 2. The quantitative estimate of drug-likeness (QED) is 0.829. The Balaban J connectivity index is 0.00000288. The maximum absolute atomic E-state index is 12.7. The summed E-state index contributed by atoms with van der Waals surface area (Å²) >= 11 is 6.02. The summed E-state index contributed by atoms with van der Waals surface area (Å²) in [6.07, 6.45) is 4.61. The van der Waals surface area contributed by atoms with E-state index >= 15 is 0 Å². The second kappa shape index (κ2) is 9.87. The second-order valence-electron chi connectivity index (χ2n) is 5.93. The molecule has 2 amide bonds. The van der Waals surface area contributed by atoms with Crippen LogP contribution in [0.2, 0.25) is 5.02 Å². The topological polar surface area (TPSA) is 75.4 Å². The maximum atomic E-state index is 12.7. The van der Waals surface area contributed by atoms with Crippen molar-refractivity contribution in [2.75, 3.05) is 18.4 Å². The molecule has 1 saturated heterocycles. The first-order valence-electron chi connectivity index (χ1n) is 8.18. The molecule has 1 aliphatic rings. The molecular weight excluding hydrogens is 349 g/mol. The average Bonchev–Trinajstić information content (AvgIpc) is 2.55. The van der Waals surface area contributed by atoms with Crippen molar-refractivity contribution in [3.63, 3.8) is 0 Å². The summed E-state index contributed by atoms with van der Waals surface area (Å²) in [6.45, 7) is 3.48. The van der Waals surface area contributed by atoms with Crippen LogP contribution >= 0.6 is 24.0 Å². The highest BCUT2D eigenvalue weighted by Gasteiger charge is 2.22. The molecule has 1 atom stereocenters. The fourth-order valence-corrected chi connectivity index (χ4v) is 2.91. The third kappa shape index (κ3) is 5.36. The minimum atomic E-state index is -0.586. The van der Waals surface area contributed by atoms with Gasteiger partial charge >= 0.3 is 0 Å². The van der Waals surface area contributed by atoms with Gasteiger partial charge in [-0.25, -0.2) is 0 Å². The number of nitrogens with two attached hydrogens (primary N) is 1. The molecule has 5 nitrogen and oxygen atoms in total. The lowest BCUT2D eigenvalue weighted by atomic mass is 10.1. The van der Waals surface area contributed by atoms with E-state index in [9.17, 15) is 9.59 Å². The molecule has 24 heavy (non-hydrogen) atoms. The normalized spacial score (nSPS) is 15.4. The minimum absolute atomic E-state index is 0. The lowest BCUT2D eigenvalue weighted by Gasteiger charge is -2.27. The molecular formula is C17H25Cl2N3O2. The Morgan fingerprint density at radius 3 is 2.58 bits per heavy atom. The summed E-state index contributed by atoms with van der Waals surface area (Å²) in [6, 6.07) is 4.35. The average molecular weight is 374 g/mol. The Hall–Kier alpha value is -1.30. The van der Waals surface area contributed by atoms with E-state index in [2.05, 4.69) is 5.32 Å². The van der Waals surface area contributed by atoms with E-state index in [0.717, 1.165) is 38.8 Å². The largest absolute Gasteiger partial charge is 0.339 e. The SMILES string of the molecule is CCCC(N)C(=O)Nc1cc(Cl)ccc1C(=O)N1CCCCC1.Cl. The van der Waals surface area contributed by atoms with Gasteiger partial charge in [-0.15, -0.1) is 12.4 Å². The number of carbonyl (C=O) groups is 2. The fourth-order valence-electron chi connectivity index (χ4n) is 2.74. The second-order valence-corrected chi connectivity index (χ2v) is 6.36. The highest BCUT2D eigenvalue weighted by molar-refractivity contribution is 6.31. The van der Waals surface area contributed by atoms with Gasteiger partial charge in [-0.2, -0.15) is 0 Å². The first-order chi connectivity index (χ1) is 11.0. The number of hydrogen-bond donors (Lipinski definition) is 2. The Kier molecular flexibility index (Phi) is 8.53. The van der Waals surface area contributed by atoms with Gasteiger partial charge in [0.2, 0.25) is 5.91 Å². The van der Waals surface area contributed by atoms with Crippen molar-refractivity contribution in [3.8, 4) is 0 Å². The zero-order chi connectivity index (χ0) is 16.8. The van der Waals surface area contributed by atoms with Crippen LogP contribution in [-0.4, -0.2) is 35.8 Å². The lowest BCUT2D eigenvalue weighted by molar-refractivity contribution is -0.117. The summed E-state index contributed by atoms with van der Waals surface area (Å²) in [5.74, 6) is -0.359. The van der Waals surface area contributed by atoms with Gasteiger partial charge in [-0.1, -0.05) is 24.9 Å². The van der Waals surface area contributed by atoms with Gasteiger partial charge in [0.1, 0.15) is 0 Å². The monoisotopic (exact) mass is 373 g/mol. The molecule has 1 fully saturated rings. The summed E-state index contributed by atoms with van der Waals surface area (Å²) in [4.78, 5) is 26.7. The molecule has 7 heteroatoms. The Labute approximate surface area is 154 Å². The van der Waals surface area contributed by atoms with E-state index in [1.54, 1.807) is 18.2 Å². The molecule has 1 aromatic carbocycles. The van der Waals surface area contributed by atoms with Gasteiger partial charge in [-0.05, 0) is 43.9 Å². The minimum Gasteiger partial charge on any atom is -0.339 e. The van der Waals surface area contributed by atoms with Crippen LogP contribution in [0.5, 0.6) is 0 Å². The number of amides is 2. The van der Waals surface area contributed by atoms with Gasteiger partial charge in [0, 0.05) is 18.1 Å². The van der Waals surface area contributed by atoms with Crippen LogP contribution in [0.25, 0.3) is 0 Å². The first-order valence-corrected chi connectivity index (χ1v) is 8.56. The van der Waals surface area contributed by atoms with Crippen LogP contribution in [0, 0.1) is 0 Å². The Morgan fingerprint density at radius 2 is 1.96 bits per heavy atom. The number of rotatable bonds is 5. The van der Waals surface area contributed by atoms with E-state index in [-0.39, 0.29) is 24.2 Å². The van der Waals surface area contributed by atoms with Crippen molar-refractivity contribution < 1.29 is 9.59 Å². The summed E-state index contributed by atoms with van der Waals surface area (Å²) in [7, 11) is 0.